The lowest BCUT2D eigenvalue weighted by atomic mass is 9.99. The number of primary amides is 1. The molecule has 1 heterocycles. The van der Waals surface area contributed by atoms with Gasteiger partial charge in [0.05, 0.1) is 0 Å². The molecule has 0 bridgehead atoms. The van der Waals surface area contributed by atoms with Crippen molar-refractivity contribution >= 4 is 11.8 Å². The molecule has 1 atom stereocenters. The van der Waals surface area contributed by atoms with Crippen LogP contribution in [-0.2, 0) is 9.59 Å². The van der Waals surface area contributed by atoms with Crippen LogP contribution in [0.4, 0.5) is 0 Å². The Bertz CT molecular complexity index is 226. The molecule has 0 radical (unpaired) electrons. The predicted molar refractivity (Wildman–Crippen MR) is 52.4 cm³/mol. The van der Waals surface area contributed by atoms with Crippen LogP contribution in [0.3, 0.4) is 0 Å². The second-order valence-electron chi connectivity index (χ2n) is 3.87. The summed E-state index contributed by atoms with van der Waals surface area (Å²) in [6.07, 6.45) is 0.741. The summed E-state index contributed by atoms with van der Waals surface area (Å²) in [5.74, 6) is 0.0733. The Labute approximate surface area is 83.4 Å². The Morgan fingerprint density at radius 3 is 2.64 bits per heavy atom. The smallest absolute Gasteiger partial charge is 0.220 e. The quantitative estimate of drug-likeness (QED) is 0.529. The lowest BCUT2D eigenvalue weighted by Gasteiger charge is -2.26. The Kier molecular flexibility index (Phi) is 3.88. The van der Waals surface area contributed by atoms with E-state index in [1.807, 2.05) is 0 Å². The molecule has 1 fully saturated rings. The third-order valence-electron chi connectivity index (χ3n) is 2.25. The molecule has 14 heavy (non-hydrogen) atoms. The van der Waals surface area contributed by atoms with E-state index in [9.17, 15) is 9.59 Å². The van der Waals surface area contributed by atoms with E-state index in [1.54, 1.807) is 6.92 Å². The second kappa shape index (κ2) is 4.95. The van der Waals surface area contributed by atoms with Gasteiger partial charge in [0.2, 0.25) is 11.8 Å². The summed E-state index contributed by atoms with van der Waals surface area (Å²) < 4.78 is 0. The molecular weight excluding hydrogens is 182 g/mol. The summed E-state index contributed by atoms with van der Waals surface area (Å²) in [6.45, 7) is 3.61. The molecule has 4 N–H and O–H groups in total. The van der Waals surface area contributed by atoms with Crippen LogP contribution < -0.4 is 16.4 Å². The van der Waals surface area contributed by atoms with E-state index < -0.39 is 0 Å². The van der Waals surface area contributed by atoms with Gasteiger partial charge in [0, 0.05) is 18.9 Å². The van der Waals surface area contributed by atoms with Crippen LogP contribution in [0.2, 0.25) is 0 Å². The first kappa shape index (κ1) is 11.0. The van der Waals surface area contributed by atoms with Gasteiger partial charge in [0.15, 0.2) is 0 Å². The van der Waals surface area contributed by atoms with Crippen LogP contribution in [0.5, 0.6) is 0 Å². The zero-order valence-electron chi connectivity index (χ0n) is 8.38. The molecule has 2 amide bonds. The maximum Gasteiger partial charge on any atom is 0.220 e. The number of amides is 2. The van der Waals surface area contributed by atoms with Gasteiger partial charge in [-0.15, -0.1) is 0 Å². The van der Waals surface area contributed by atoms with E-state index in [1.165, 1.54) is 0 Å². The largest absolute Gasteiger partial charge is 0.370 e. The normalized spacial score (nSPS) is 18.4. The summed E-state index contributed by atoms with van der Waals surface area (Å²) in [5, 5.41) is 5.84. The monoisotopic (exact) mass is 199 g/mol. The van der Waals surface area contributed by atoms with Gasteiger partial charge in [-0.2, -0.15) is 0 Å². The first-order chi connectivity index (χ1) is 6.58. The fraction of sp³-hybridized carbons (Fsp3) is 0.778. The molecule has 0 saturated carbocycles. The number of rotatable bonds is 5. The fourth-order valence-electron chi connectivity index (χ4n) is 1.44. The number of carbonyl (C=O) groups excluding carboxylic acids is 2. The molecule has 1 unspecified atom stereocenters. The minimum Gasteiger partial charge on any atom is -0.370 e. The summed E-state index contributed by atoms with van der Waals surface area (Å²) in [6, 6.07) is -0.159. The Balaban J connectivity index is 2.14. The highest BCUT2D eigenvalue weighted by Crippen LogP contribution is 2.07. The van der Waals surface area contributed by atoms with Crippen LogP contribution in [0, 0.1) is 5.92 Å². The molecule has 5 nitrogen and oxygen atoms in total. The van der Waals surface area contributed by atoms with E-state index in [4.69, 9.17) is 5.73 Å². The van der Waals surface area contributed by atoms with Gasteiger partial charge < -0.3 is 16.4 Å². The third-order valence-corrected chi connectivity index (χ3v) is 2.25. The molecule has 1 saturated heterocycles. The summed E-state index contributed by atoms with van der Waals surface area (Å²) in [4.78, 5) is 21.9. The lowest BCUT2D eigenvalue weighted by Crippen LogP contribution is -2.45. The zero-order chi connectivity index (χ0) is 10.6. The number of carbonyl (C=O) groups is 2. The van der Waals surface area contributed by atoms with Crippen molar-refractivity contribution in [2.75, 3.05) is 13.1 Å². The summed E-state index contributed by atoms with van der Waals surface area (Å²) in [7, 11) is 0. The minimum atomic E-state index is -0.386. The van der Waals surface area contributed by atoms with E-state index in [0.29, 0.717) is 12.3 Å². The zero-order valence-corrected chi connectivity index (χ0v) is 8.38. The molecule has 0 aromatic rings. The van der Waals surface area contributed by atoms with Crippen molar-refractivity contribution in [3.63, 3.8) is 0 Å². The van der Waals surface area contributed by atoms with Gasteiger partial charge in [-0.3, -0.25) is 9.59 Å². The number of nitrogens with two attached hydrogens (primary N) is 1. The Hall–Kier alpha value is -1.10. The van der Waals surface area contributed by atoms with Gasteiger partial charge in [0.25, 0.3) is 0 Å². The second-order valence-corrected chi connectivity index (χ2v) is 3.87. The SMILES string of the molecule is CC(CC(N)=O)NC(=O)CC1CNC1. The van der Waals surface area contributed by atoms with E-state index in [-0.39, 0.29) is 24.3 Å². The van der Waals surface area contributed by atoms with Crippen molar-refractivity contribution in [2.45, 2.75) is 25.8 Å². The van der Waals surface area contributed by atoms with Gasteiger partial charge >= 0.3 is 0 Å². The molecule has 1 rings (SSSR count). The highest BCUT2D eigenvalue weighted by atomic mass is 16.2. The number of hydrogen-bond donors (Lipinski definition) is 3. The number of nitrogens with one attached hydrogen (secondary N) is 2. The van der Waals surface area contributed by atoms with Crippen molar-refractivity contribution < 1.29 is 9.59 Å². The third kappa shape index (κ3) is 3.74. The van der Waals surface area contributed by atoms with Crippen LogP contribution in [-0.4, -0.2) is 30.9 Å². The summed E-state index contributed by atoms with van der Waals surface area (Å²) in [5.41, 5.74) is 5.01. The van der Waals surface area contributed by atoms with Crippen LogP contribution >= 0.6 is 0 Å². The fourth-order valence-corrected chi connectivity index (χ4v) is 1.44. The Morgan fingerprint density at radius 2 is 2.21 bits per heavy atom. The molecule has 1 aliphatic rings. The van der Waals surface area contributed by atoms with Gasteiger partial charge in [-0.1, -0.05) is 0 Å². The first-order valence-corrected chi connectivity index (χ1v) is 4.86. The molecule has 5 heteroatoms. The van der Waals surface area contributed by atoms with Crippen molar-refractivity contribution in [1.82, 2.24) is 10.6 Å². The highest BCUT2D eigenvalue weighted by Gasteiger charge is 2.20. The standard InChI is InChI=1S/C9H17N3O2/c1-6(2-8(10)13)12-9(14)3-7-4-11-5-7/h6-7,11H,2-5H2,1H3,(H2,10,13)(H,12,14). The van der Waals surface area contributed by atoms with Crippen molar-refractivity contribution in [3.05, 3.63) is 0 Å². The molecule has 1 aliphatic heterocycles. The van der Waals surface area contributed by atoms with Crippen LogP contribution in [0.25, 0.3) is 0 Å². The topological polar surface area (TPSA) is 84.2 Å². The average molecular weight is 199 g/mol. The lowest BCUT2D eigenvalue weighted by molar-refractivity contribution is -0.123. The molecule has 0 aliphatic carbocycles. The predicted octanol–water partition coefficient (Wildman–Crippen LogP) is -1.02. The highest BCUT2D eigenvalue weighted by molar-refractivity contribution is 5.79. The van der Waals surface area contributed by atoms with Crippen molar-refractivity contribution in [1.29, 1.82) is 0 Å². The minimum absolute atomic E-state index is 0.00486. The number of hydrogen-bond acceptors (Lipinski definition) is 3. The molecular formula is C9H17N3O2. The maximum absolute atomic E-state index is 11.3. The van der Waals surface area contributed by atoms with E-state index in [0.717, 1.165) is 13.1 Å². The summed E-state index contributed by atoms with van der Waals surface area (Å²) >= 11 is 0. The van der Waals surface area contributed by atoms with E-state index in [2.05, 4.69) is 10.6 Å². The van der Waals surface area contributed by atoms with Crippen LogP contribution in [0.1, 0.15) is 19.8 Å². The first-order valence-electron chi connectivity index (χ1n) is 4.86. The molecule has 0 aromatic heterocycles. The van der Waals surface area contributed by atoms with Gasteiger partial charge in [-0.25, -0.2) is 0 Å². The van der Waals surface area contributed by atoms with Crippen molar-refractivity contribution in [2.24, 2.45) is 11.7 Å². The average Bonchev–Trinajstić information content (AvgIpc) is 1.94. The van der Waals surface area contributed by atoms with Crippen molar-refractivity contribution in [3.8, 4) is 0 Å². The Morgan fingerprint density at radius 1 is 1.57 bits per heavy atom. The maximum atomic E-state index is 11.3. The molecule has 0 spiro atoms. The van der Waals surface area contributed by atoms with Gasteiger partial charge in [0.1, 0.15) is 0 Å². The van der Waals surface area contributed by atoms with E-state index >= 15 is 0 Å². The molecule has 0 aromatic carbocycles. The molecule has 80 valence electrons. The van der Waals surface area contributed by atoms with Gasteiger partial charge in [-0.05, 0) is 25.9 Å². The van der Waals surface area contributed by atoms with Crippen LogP contribution in [0.15, 0.2) is 0 Å².